The van der Waals surface area contributed by atoms with Crippen LogP contribution in [0.3, 0.4) is 0 Å². The van der Waals surface area contributed by atoms with E-state index in [9.17, 15) is 22.4 Å². The van der Waals surface area contributed by atoms with Crippen LogP contribution in [-0.4, -0.2) is 48.3 Å². The quantitative estimate of drug-likeness (QED) is 0.347. The number of amides is 1. The van der Waals surface area contributed by atoms with Crippen molar-refractivity contribution in [3.8, 4) is 0 Å². The van der Waals surface area contributed by atoms with Crippen molar-refractivity contribution in [3.05, 3.63) is 64.8 Å². The number of nitrogens with zero attached hydrogens (tertiary/aromatic N) is 3. The minimum atomic E-state index is -4.06. The lowest BCUT2D eigenvalue weighted by atomic mass is 9.92. The van der Waals surface area contributed by atoms with Gasteiger partial charge in [-0.15, -0.1) is 0 Å². The van der Waals surface area contributed by atoms with Gasteiger partial charge in [0.25, 0.3) is 12.4 Å². The Kier molecular flexibility index (Phi) is 9.11. The van der Waals surface area contributed by atoms with Gasteiger partial charge in [0, 0.05) is 42.4 Å². The molecule has 0 aromatic carbocycles. The minimum Gasteiger partial charge on any atom is -0.471 e. The number of pyridine rings is 2. The van der Waals surface area contributed by atoms with Crippen LogP contribution in [0.15, 0.2) is 36.7 Å². The topological polar surface area (TPSA) is 98.4 Å². The number of alkyl halides is 4. The summed E-state index contributed by atoms with van der Waals surface area (Å²) in [5.74, 6) is -3.73. The molecule has 4 rings (SSSR count). The molecule has 7 nitrogen and oxygen atoms in total. The fraction of sp³-hybridized carbons (Fsp3) is 0.481. The molecule has 2 aliphatic rings. The number of nitrogens with two attached hydrogens (primary N) is 1. The summed E-state index contributed by atoms with van der Waals surface area (Å²) in [4.78, 5) is 32.8. The fourth-order valence-corrected chi connectivity index (χ4v) is 4.52. The number of hydrogen-bond donors (Lipinski definition) is 1. The molecular weight excluding hydrogens is 504 g/mol. The van der Waals surface area contributed by atoms with Gasteiger partial charge in [0.15, 0.2) is 0 Å². The Morgan fingerprint density at radius 3 is 2.55 bits per heavy atom. The Morgan fingerprint density at radius 2 is 2.00 bits per heavy atom. The van der Waals surface area contributed by atoms with Crippen LogP contribution >= 0.6 is 0 Å². The average molecular weight is 537 g/mol. The Morgan fingerprint density at radius 1 is 1.32 bits per heavy atom. The molecule has 11 heteroatoms. The van der Waals surface area contributed by atoms with Gasteiger partial charge in [0.05, 0.1) is 18.4 Å². The van der Waals surface area contributed by atoms with Crippen LogP contribution in [0.5, 0.6) is 0 Å². The normalized spacial score (nSPS) is 15.9. The summed E-state index contributed by atoms with van der Waals surface area (Å²) in [6.07, 6.45) is 0.672. The first-order valence-electron chi connectivity index (χ1n) is 12.4. The lowest BCUT2D eigenvalue weighted by Gasteiger charge is -2.30. The van der Waals surface area contributed by atoms with E-state index >= 15 is 0 Å². The van der Waals surface area contributed by atoms with E-state index in [1.165, 1.54) is 19.2 Å². The zero-order valence-electron chi connectivity index (χ0n) is 21.5. The lowest BCUT2D eigenvalue weighted by molar-refractivity contribution is -0.132. The van der Waals surface area contributed by atoms with Crippen LogP contribution in [0.4, 0.5) is 23.4 Å². The molecule has 1 amide bonds. The number of methoxy groups -OCH3 is 1. The number of hydrogen-bond acceptors (Lipinski definition) is 6. The van der Waals surface area contributed by atoms with Gasteiger partial charge >= 0.3 is 12.3 Å². The van der Waals surface area contributed by atoms with E-state index < -0.39 is 18.8 Å². The summed E-state index contributed by atoms with van der Waals surface area (Å²) in [6, 6.07) is 5.07. The molecule has 3 heterocycles. The zero-order chi connectivity index (χ0) is 28.1. The summed E-state index contributed by atoms with van der Waals surface area (Å²) in [5, 5.41) is 0. The minimum absolute atomic E-state index is 0.228. The van der Waals surface area contributed by atoms with Crippen molar-refractivity contribution in [2.24, 2.45) is 5.73 Å². The van der Waals surface area contributed by atoms with Crippen molar-refractivity contribution in [1.29, 1.82) is 0 Å². The molecule has 0 spiro atoms. The van der Waals surface area contributed by atoms with Crippen LogP contribution in [0.1, 0.15) is 65.5 Å². The van der Waals surface area contributed by atoms with E-state index in [1.807, 2.05) is 0 Å². The van der Waals surface area contributed by atoms with Gasteiger partial charge < -0.3 is 10.5 Å². The van der Waals surface area contributed by atoms with Crippen LogP contribution in [0, 0.1) is 0 Å². The van der Waals surface area contributed by atoms with E-state index in [4.69, 9.17) is 10.5 Å². The second-order valence-electron chi connectivity index (χ2n) is 9.46. The number of ether oxygens (including phenoxy) is 1. The SMILES string of the molecule is C=C(N)C1(c2cnc(N3CCc4nc(CCC(F)(F)C(F)F)ccc4C3=O)c(CCC)c2)CC1.COC=O. The summed E-state index contributed by atoms with van der Waals surface area (Å²) in [6.45, 7) is 6.71. The van der Waals surface area contributed by atoms with Crippen molar-refractivity contribution < 1.29 is 31.9 Å². The third-order valence-electron chi connectivity index (χ3n) is 6.84. The maximum Gasteiger partial charge on any atom is 0.307 e. The van der Waals surface area contributed by atoms with E-state index in [1.54, 1.807) is 11.1 Å². The monoisotopic (exact) mass is 536 g/mol. The van der Waals surface area contributed by atoms with Gasteiger partial charge in [-0.25, -0.2) is 22.5 Å². The number of rotatable bonds is 10. The van der Waals surface area contributed by atoms with Crippen molar-refractivity contribution in [1.82, 2.24) is 9.97 Å². The summed E-state index contributed by atoms with van der Waals surface area (Å²) < 4.78 is 55.2. The van der Waals surface area contributed by atoms with Crippen LogP contribution in [0.2, 0.25) is 0 Å². The van der Waals surface area contributed by atoms with E-state index in [-0.39, 0.29) is 23.4 Å². The number of fused-ring (bicyclic) bond motifs is 1. The highest BCUT2D eigenvalue weighted by Crippen LogP contribution is 2.52. The number of aromatic nitrogens is 2. The number of anilines is 1. The molecule has 2 aromatic heterocycles. The van der Waals surface area contributed by atoms with Crippen molar-refractivity contribution in [2.45, 2.75) is 69.6 Å². The molecule has 1 aliphatic carbocycles. The number of carbonyl (C=O) groups is 2. The molecule has 1 saturated carbocycles. The lowest BCUT2D eigenvalue weighted by Crippen LogP contribution is -2.39. The second kappa shape index (κ2) is 11.9. The first-order chi connectivity index (χ1) is 18.0. The highest BCUT2D eigenvalue weighted by molar-refractivity contribution is 6.07. The van der Waals surface area contributed by atoms with Crippen molar-refractivity contribution in [3.63, 3.8) is 0 Å². The molecule has 38 heavy (non-hydrogen) atoms. The molecule has 2 aromatic rings. The molecule has 206 valence electrons. The number of aryl methyl sites for hydroxylation is 2. The van der Waals surface area contributed by atoms with Crippen LogP contribution in [0.25, 0.3) is 0 Å². The van der Waals surface area contributed by atoms with Gasteiger partial charge in [-0.2, -0.15) is 0 Å². The Bertz CT molecular complexity index is 1180. The second-order valence-corrected chi connectivity index (χ2v) is 9.46. The molecule has 0 bridgehead atoms. The standard InChI is InChI=1S/C25H28F4N4O.C2H4O2/c1-3-4-16-13-17(24(10-11-24)15(2)30)14-31-21(16)33-12-8-20-19(22(33)34)6-5-18(32-20)7-9-25(28,29)23(26)27;1-4-2-3/h5-6,13-14,23H,2-4,7-12,30H2,1H3;2H,1H3. The molecule has 0 radical (unpaired) electrons. The Labute approximate surface area is 219 Å². The maximum absolute atomic E-state index is 13.3. The van der Waals surface area contributed by atoms with Gasteiger partial charge in [0.2, 0.25) is 0 Å². The first kappa shape index (κ1) is 29.1. The van der Waals surface area contributed by atoms with E-state index in [0.29, 0.717) is 42.2 Å². The Balaban J connectivity index is 0.000000934. The largest absolute Gasteiger partial charge is 0.471 e. The third-order valence-corrected chi connectivity index (χ3v) is 6.84. The molecule has 0 atom stereocenters. The van der Waals surface area contributed by atoms with Crippen LogP contribution < -0.4 is 10.6 Å². The molecule has 2 N–H and O–H groups in total. The number of allylic oxidation sites excluding steroid dienone is 1. The van der Waals surface area contributed by atoms with Gasteiger partial charge in [-0.3, -0.25) is 19.5 Å². The van der Waals surface area contributed by atoms with Gasteiger partial charge in [0.1, 0.15) is 5.82 Å². The third kappa shape index (κ3) is 6.14. The molecule has 1 aliphatic heterocycles. The van der Waals surface area contributed by atoms with Gasteiger partial charge in [-0.05, 0) is 55.0 Å². The van der Waals surface area contributed by atoms with E-state index in [2.05, 4.69) is 34.3 Å². The predicted octanol–water partition coefficient (Wildman–Crippen LogP) is 4.76. The van der Waals surface area contributed by atoms with E-state index in [0.717, 1.165) is 36.8 Å². The zero-order valence-corrected chi connectivity index (χ0v) is 21.5. The summed E-state index contributed by atoms with van der Waals surface area (Å²) >= 11 is 0. The van der Waals surface area contributed by atoms with Crippen molar-refractivity contribution in [2.75, 3.05) is 18.6 Å². The van der Waals surface area contributed by atoms with Gasteiger partial charge in [-0.1, -0.05) is 19.9 Å². The highest BCUT2D eigenvalue weighted by atomic mass is 19.3. The average Bonchev–Trinajstić information content (AvgIpc) is 3.71. The highest BCUT2D eigenvalue weighted by Gasteiger charge is 2.46. The van der Waals surface area contributed by atoms with Crippen molar-refractivity contribution >= 4 is 18.2 Å². The first-order valence-corrected chi connectivity index (χ1v) is 12.4. The molecule has 0 unspecified atom stereocenters. The maximum atomic E-state index is 13.3. The Hall–Kier alpha value is -3.50. The molecule has 0 saturated heterocycles. The molecule has 1 fully saturated rings. The predicted molar refractivity (Wildman–Crippen MR) is 134 cm³/mol. The summed E-state index contributed by atoms with van der Waals surface area (Å²) in [5.41, 5.74) is 9.55. The van der Waals surface area contributed by atoms with Crippen LogP contribution in [-0.2, 0) is 34.2 Å². The molecular formula is C27H32F4N4O3. The fourth-order valence-electron chi connectivity index (χ4n) is 4.52. The number of carbonyl (C=O) groups excluding carboxylic acids is 2. The summed E-state index contributed by atoms with van der Waals surface area (Å²) in [7, 11) is 1.31. The smallest absolute Gasteiger partial charge is 0.307 e. The number of halogens is 4.